The fourth-order valence-corrected chi connectivity index (χ4v) is 2.29. The van der Waals surface area contributed by atoms with Gasteiger partial charge in [0.15, 0.2) is 5.82 Å². The molecule has 5 nitrogen and oxygen atoms in total. The van der Waals surface area contributed by atoms with Gasteiger partial charge in [-0.05, 0) is 30.7 Å². The molecule has 6 heteroatoms. The molecule has 2 heterocycles. The Kier molecular flexibility index (Phi) is 3.43. The van der Waals surface area contributed by atoms with Crippen LogP contribution < -0.4 is 11.1 Å². The summed E-state index contributed by atoms with van der Waals surface area (Å²) in [6.45, 7) is 3.17. The maximum Gasteiger partial charge on any atom is 0.150 e. The van der Waals surface area contributed by atoms with Gasteiger partial charge in [-0.25, -0.2) is 4.39 Å². The van der Waals surface area contributed by atoms with Crippen molar-refractivity contribution >= 4 is 22.3 Å². The van der Waals surface area contributed by atoms with Crippen LogP contribution in [0.25, 0.3) is 10.9 Å². The molecule has 2 aromatic heterocycles. The lowest BCUT2D eigenvalue weighted by atomic mass is 10.1. The van der Waals surface area contributed by atoms with Gasteiger partial charge in [-0.2, -0.15) is 5.10 Å². The van der Waals surface area contributed by atoms with E-state index in [1.54, 1.807) is 18.5 Å². The zero-order valence-corrected chi connectivity index (χ0v) is 11.7. The number of aryl methyl sites for hydroxylation is 1. The van der Waals surface area contributed by atoms with Crippen molar-refractivity contribution in [3.05, 3.63) is 48.2 Å². The van der Waals surface area contributed by atoms with E-state index in [0.29, 0.717) is 30.0 Å². The average molecular weight is 285 g/mol. The van der Waals surface area contributed by atoms with Crippen molar-refractivity contribution in [2.45, 2.75) is 13.5 Å². The monoisotopic (exact) mass is 285 g/mol. The lowest BCUT2D eigenvalue weighted by molar-refractivity contribution is 0.619. The van der Waals surface area contributed by atoms with Gasteiger partial charge < -0.3 is 11.1 Å². The van der Waals surface area contributed by atoms with Crippen molar-refractivity contribution in [1.82, 2.24) is 14.8 Å². The molecule has 0 radical (unpaired) electrons. The normalized spacial score (nSPS) is 11.0. The van der Waals surface area contributed by atoms with Crippen LogP contribution in [0, 0.1) is 12.7 Å². The largest absolute Gasteiger partial charge is 0.398 e. The Morgan fingerprint density at radius 3 is 3.05 bits per heavy atom. The molecule has 0 saturated heterocycles. The molecule has 0 fully saturated rings. The van der Waals surface area contributed by atoms with Crippen molar-refractivity contribution in [2.75, 3.05) is 17.6 Å². The second-order valence-corrected chi connectivity index (χ2v) is 4.93. The van der Waals surface area contributed by atoms with Crippen molar-refractivity contribution < 1.29 is 4.39 Å². The van der Waals surface area contributed by atoms with Gasteiger partial charge in [0.2, 0.25) is 0 Å². The van der Waals surface area contributed by atoms with Crippen LogP contribution in [0.3, 0.4) is 0 Å². The molecular weight excluding hydrogens is 269 g/mol. The van der Waals surface area contributed by atoms with Crippen LogP contribution in [0.2, 0.25) is 0 Å². The molecule has 1 aromatic carbocycles. The predicted octanol–water partition coefficient (Wildman–Crippen LogP) is 2.57. The highest BCUT2D eigenvalue weighted by Crippen LogP contribution is 2.29. The Bertz CT molecular complexity index is 781. The third-order valence-corrected chi connectivity index (χ3v) is 3.28. The van der Waals surface area contributed by atoms with Crippen LogP contribution in [0.5, 0.6) is 0 Å². The Morgan fingerprint density at radius 2 is 2.29 bits per heavy atom. The zero-order valence-electron chi connectivity index (χ0n) is 11.7. The molecule has 0 atom stereocenters. The van der Waals surface area contributed by atoms with E-state index in [2.05, 4.69) is 15.4 Å². The van der Waals surface area contributed by atoms with E-state index in [-0.39, 0.29) is 0 Å². The van der Waals surface area contributed by atoms with E-state index in [1.165, 1.54) is 6.07 Å². The molecule has 3 rings (SSSR count). The quantitative estimate of drug-likeness (QED) is 0.723. The molecule has 0 bridgehead atoms. The minimum absolute atomic E-state index is 0.378. The van der Waals surface area contributed by atoms with Crippen LogP contribution in [-0.4, -0.2) is 21.3 Å². The molecule has 3 N–H and O–H groups in total. The van der Waals surface area contributed by atoms with E-state index < -0.39 is 5.82 Å². The maximum atomic E-state index is 14.1. The van der Waals surface area contributed by atoms with Gasteiger partial charge in [-0.1, -0.05) is 0 Å². The number of nitrogen functional groups attached to an aromatic ring is 1. The molecule has 108 valence electrons. The number of fused-ring (bicyclic) bond motifs is 1. The molecule has 0 saturated carbocycles. The molecule has 0 amide bonds. The molecule has 0 aliphatic rings. The average Bonchev–Trinajstić information content (AvgIpc) is 2.88. The number of nitrogens with one attached hydrogen (secondary N) is 1. The number of nitrogens with two attached hydrogens (primary N) is 1. The predicted molar refractivity (Wildman–Crippen MR) is 81.6 cm³/mol. The number of hydrogen-bond acceptors (Lipinski definition) is 4. The fraction of sp³-hybridized carbons (Fsp3) is 0.200. The van der Waals surface area contributed by atoms with Gasteiger partial charge in [0.05, 0.1) is 23.9 Å². The number of hydrogen-bond donors (Lipinski definition) is 2. The number of rotatable bonds is 4. The highest BCUT2D eigenvalue weighted by Gasteiger charge is 2.11. The maximum absolute atomic E-state index is 14.1. The number of aromatic nitrogens is 3. The van der Waals surface area contributed by atoms with Crippen LogP contribution in [-0.2, 0) is 6.54 Å². The van der Waals surface area contributed by atoms with Crippen molar-refractivity contribution in [2.24, 2.45) is 0 Å². The first-order valence-corrected chi connectivity index (χ1v) is 6.71. The fourth-order valence-electron chi connectivity index (χ4n) is 2.29. The van der Waals surface area contributed by atoms with E-state index in [4.69, 9.17) is 5.73 Å². The van der Waals surface area contributed by atoms with E-state index >= 15 is 0 Å². The topological polar surface area (TPSA) is 68.8 Å². The second kappa shape index (κ2) is 5.40. The van der Waals surface area contributed by atoms with Gasteiger partial charge in [0, 0.05) is 30.0 Å². The molecule has 0 aliphatic heterocycles. The number of pyridine rings is 1. The molecular formula is C15H16FN5. The Balaban J connectivity index is 1.83. The van der Waals surface area contributed by atoms with Crippen molar-refractivity contribution in [1.29, 1.82) is 0 Å². The number of nitrogens with zero attached hydrogens (tertiary/aromatic N) is 3. The summed E-state index contributed by atoms with van der Waals surface area (Å²) in [4.78, 5) is 4.23. The summed E-state index contributed by atoms with van der Waals surface area (Å²) in [5.74, 6) is -0.393. The third kappa shape index (κ3) is 2.65. The molecule has 0 aliphatic carbocycles. The number of benzene rings is 1. The van der Waals surface area contributed by atoms with E-state index in [9.17, 15) is 4.39 Å². The van der Waals surface area contributed by atoms with Gasteiger partial charge in [-0.3, -0.25) is 9.67 Å². The summed E-state index contributed by atoms with van der Waals surface area (Å²) < 4.78 is 15.9. The lowest BCUT2D eigenvalue weighted by Gasteiger charge is -2.12. The minimum atomic E-state index is -0.393. The van der Waals surface area contributed by atoms with Crippen LogP contribution in [0.15, 0.2) is 36.8 Å². The summed E-state index contributed by atoms with van der Waals surface area (Å²) in [6, 6.07) is 4.94. The van der Waals surface area contributed by atoms with Gasteiger partial charge in [0.25, 0.3) is 0 Å². The molecule has 0 unspecified atom stereocenters. The second-order valence-electron chi connectivity index (χ2n) is 4.93. The van der Waals surface area contributed by atoms with Gasteiger partial charge >= 0.3 is 0 Å². The highest BCUT2D eigenvalue weighted by atomic mass is 19.1. The Hall–Kier alpha value is -2.63. The zero-order chi connectivity index (χ0) is 14.8. The van der Waals surface area contributed by atoms with Crippen LogP contribution >= 0.6 is 0 Å². The van der Waals surface area contributed by atoms with E-state index in [1.807, 2.05) is 23.9 Å². The smallest absolute Gasteiger partial charge is 0.150 e. The van der Waals surface area contributed by atoms with E-state index in [0.717, 1.165) is 10.9 Å². The first kappa shape index (κ1) is 13.4. The summed E-state index contributed by atoms with van der Waals surface area (Å²) >= 11 is 0. The van der Waals surface area contributed by atoms with Crippen LogP contribution in [0.4, 0.5) is 15.8 Å². The first-order chi connectivity index (χ1) is 10.1. The summed E-state index contributed by atoms with van der Waals surface area (Å²) in [5, 5.41) is 8.03. The van der Waals surface area contributed by atoms with Crippen molar-refractivity contribution in [3.8, 4) is 0 Å². The number of halogens is 1. The van der Waals surface area contributed by atoms with Gasteiger partial charge in [0.1, 0.15) is 0 Å². The minimum Gasteiger partial charge on any atom is -0.398 e. The summed E-state index contributed by atoms with van der Waals surface area (Å²) in [7, 11) is 0. The lowest BCUT2D eigenvalue weighted by Crippen LogP contribution is -2.12. The first-order valence-electron chi connectivity index (χ1n) is 6.71. The molecule has 21 heavy (non-hydrogen) atoms. The molecule has 3 aromatic rings. The molecule has 0 spiro atoms. The summed E-state index contributed by atoms with van der Waals surface area (Å²) in [5.41, 5.74) is 8.24. The number of anilines is 2. The Morgan fingerprint density at radius 1 is 1.43 bits per heavy atom. The van der Waals surface area contributed by atoms with Crippen molar-refractivity contribution in [3.63, 3.8) is 0 Å². The Labute approximate surface area is 121 Å². The van der Waals surface area contributed by atoms with Gasteiger partial charge in [-0.15, -0.1) is 0 Å². The summed E-state index contributed by atoms with van der Waals surface area (Å²) in [6.07, 6.45) is 5.36. The van der Waals surface area contributed by atoms with Crippen LogP contribution in [0.1, 0.15) is 5.56 Å². The highest BCUT2D eigenvalue weighted by molar-refractivity contribution is 5.98. The third-order valence-electron chi connectivity index (χ3n) is 3.28. The SMILES string of the molecule is Cc1cnn(CCNc2c(F)cc(N)c3cccnc23)c1. The standard InChI is InChI=1S/C15H16FN5/c1-10-8-20-21(9-10)6-5-19-15-12(16)7-13(17)11-3-2-4-18-14(11)15/h2-4,7-9,19H,5-6,17H2,1H3.